The van der Waals surface area contributed by atoms with E-state index in [-0.39, 0.29) is 28.0 Å². The largest absolute Gasteiger partial charge is 0.295 e. The molecular weight excluding hydrogens is 328 g/mol. The second kappa shape index (κ2) is 6.08. The number of rotatable bonds is 2. The van der Waals surface area contributed by atoms with Gasteiger partial charge in [0.05, 0.1) is 5.92 Å². The van der Waals surface area contributed by atoms with Gasteiger partial charge in [0.1, 0.15) is 0 Å². The van der Waals surface area contributed by atoms with Gasteiger partial charge in [0.25, 0.3) is 0 Å². The summed E-state index contributed by atoms with van der Waals surface area (Å²) in [6.07, 6.45) is 7.98. The van der Waals surface area contributed by atoms with Crippen LogP contribution in [0, 0.1) is 12.8 Å². The Kier molecular flexibility index (Phi) is 3.89. The van der Waals surface area contributed by atoms with Crippen molar-refractivity contribution in [2.75, 3.05) is 0 Å². The molecule has 0 N–H and O–H groups in total. The maximum atomic E-state index is 13.0. The number of hydrogen-bond acceptors (Lipinski definition) is 2. The summed E-state index contributed by atoms with van der Waals surface area (Å²) >= 11 is 0. The molecule has 2 atom stereocenters. The monoisotopic (exact) mass is 346 g/mol. The first kappa shape index (κ1) is 16.0. The Bertz CT molecular complexity index is 991. The lowest BCUT2D eigenvalue weighted by Gasteiger charge is -2.29. The average molecular weight is 346 g/mol. The van der Waals surface area contributed by atoms with Crippen molar-refractivity contribution in [3.63, 3.8) is 0 Å². The van der Waals surface area contributed by atoms with E-state index in [0.717, 1.165) is 9.76 Å². The lowest BCUT2D eigenvalue weighted by Crippen LogP contribution is -2.27. The van der Waals surface area contributed by atoms with Gasteiger partial charge in [-0.1, -0.05) is 48.1 Å². The highest BCUT2D eigenvalue weighted by Gasteiger charge is 2.32. The van der Waals surface area contributed by atoms with Gasteiger partial charge in [0.2, 0.25) is 0 Å². The lowest BCUT2D eigenvalue weighted by molar-refractivity contribution is 0.0969. The topological polar surface area (TPSA) is 34.1 Å². The standard InChI is InChI=1S/C22H18O2S/c1-14-7-10-17(11-8-14)25-20-6-4-3-5-18(20)22(24)19-13-16(15(2)23)9-12-21(19)25/h3-13,18H,1-2H3. The third-order valence-corrected chi connectivity index (χ3v) is 7.03. The van der Waals surface area contributed by atoms with Crippen LogP contribution in [0.2, 0.25) is 0 Å². The third-order valence-electron chi connectivity index (χ3n) is 4.63. The molecule has 2 aliphatic rings. The van der Waals surface area contributed by atoms with E-state index in [1.807, 2.05) is 30.4 Å². The molecule has 0 aromatic heterocycles. The molecular formula is C22H18O2S. The maximum Gasteiger partial charge on any atom is 0.175 e. The van der Waals surface area contributed by atoms with Crippen molar-refractivity contribution >= 4 is 26.9 Å². The number of aryl methyl sites for hydroxylation is 1. The second-order valence-corrected chi connectivity index (χ2v) is 8.37. The summed E-state index contributed by atoms with van der Waals surface area (Å²) in [5.74, 6) is -0.159. The van der Waals surface area contributed by atoms with E-state index in [4.69, 9.17) is 0 Å². The Balaban J connectivity index is 2.01. The number of hydrogen-bond donors (Lipinski definition) is 0. The first-order valence-corrected chi connectivity index (χ1v) is 9.50. The van der Waals surface area contributed by atoms with Crippen molar-refractivity contribution in [1.29, 1.82) is 0 Å². The minimum atomic E-state index is -0.303. The Labute approximate surface area is 149 Å². The molecule has 0 saturated carbocycles. The molecule has 2 nitrogen and oxygen atoms in total. The van der Waals surface area contributed by atoms with Gasteiger partial charge in [-0.15, -0.1) is 10.5 Å². The first-order chi connectivity index (χ1) is 12.1. The van der Waals surface area contributed by atoms with Crippen LogP contribution < -0.4 is 0 Å². The normalized spacial score (nSPS) is 21.0. The molecule has 4 rings (SSSR count). The van der Waals surface area contributed by atoms with Crippen LogP contribution in [-0.4, -0.2) is 16.4 Å². The number of Topliss-reactive ketones (excluding diaryl/α,β-unsaturated/α-hetero) is 2. The number of carbonyl (C=O) groups excluding carboxylic acids is 2. The van der Waals surface area contributed by atoms with E-state index in [0.29, 0.717) is 11.1 Å². The van der Waals surface area contributed by atoms with Crippen LogP contribution in [0.15, 0.2) is 76.6 Å². The minimum Gasteiger partial charge on any atom is -0.295 e. The van der Waals surface area contributed by atoms with Crippen LogP contribution in [-0.2, 0) is 0 Å². The molecule has 1 aliphatic carbocycles. The van der Waals surface area contributed by atoms with Crippen molar-refractivity contribution in [3.05, 3.63) is 83.5 Å². The molecule has 2 aromatic rings. The summed E-state index contributed by atoms with van der Waals surface area (Å²) in [6, 6.07) is 14.1. The van der Waals surface area contributed by atoms with Crippen LogP contribution in [0.3, 0.4) is 0 Å². The van der Waals surface area contributed by atoms with Gasteiger partial charge in [0, 0.05) is 20.9 Å². The van der Waals surface area contributed by atoms with E-state index in [1.165, 1.54) is 17.4 Å². The highest BCUT2D eigenvalue weighted by atomic mass is 32.2. The SMILES string of the molecule is CC(=O)c1ccc2c(c1)C(=O)C1C=CC=CC1=S2c1ccc(C)cc1. The van der Waals surface area contributed by atoms with Crippen molar-refractivity contribution in [3.8, 4) is 0 Å². The summed E-state index contributed by atoms with van der Waals surface area (Å²) in [5.41, 5.74) is 2.50. The predicted molar refractivity (Wildman–Crippen MR) is 103 cm³/mol. The number of carbonyl (C=O) groups is 2. The Morgan fingerprint density at radius 3 is 2.52 bits per heavy atom. The fourth-order valence-corrected chi connectivity index (χ4v) is 5.71. The van der Waals surface area contributed by atoms with Crippen molar-refractivity contribution in [2.24, 2.45) is 5.92 Å². The van der Waals surface area contributed by atoms with E-state index < -0.39 is 0 Å². The summed E-state index contributed by atoms with van der Waals surface area (Å²) < 4.78 is 0. The molecule has 1 heterocycles. The molecule has 25 heavy (non-hydrogen) atoms. The minimum absolute atomic E-state index is 0.0142. The van der Waals surface area contributed by atoms with Gasteiger partial charge in [-0.2, -0.15) is 0 Å². The summed E-state index contributed by atoms with van der Waals surface area (Å²) in [4.78, 5) is 28.2. The number of fused-ring (bicyclic) bond motifs is 2. The van der Waals surface area contributed by atoms with Crippen molar-refractivity contribution in [2.45, 2.75) is 23.6 Å². The molecule has 0 amide bonds. The van der Waals surface area contributed by atoms with E-state index >= 15 is 0 Å². The van der Waals surface area contributed by atoms with Crippen LogP contribution in [0.4, 0.5) is 0 Å². The van der Waals surface area contributed by atoms with Gasteiger partial charge in [-0.25, -0.2) is 0 Å². The molecule has 0 radical (unpaired) electrons. The maximum absolute atomic E-state index is 13.0. The Morgan fingerprint density at radius 1 is 1.04 bits per heavy atom. The molecule has 0 fully saturated rings. The smallest absolute Gasteiger partial charge is 0.175 e. The van der Waals surface area contributed by atoms with E-state index in [1.54, 1.807) is 6.07 Å². The fourth-order valence-electron chi connectivity index (χ4n) is 3.29. The third kappa shape index (κ3) is 2.65. The molecule has 0 bridgehead atoms. The zero-order valence-corrected chi connectivity index (χ0v) is 15.0. The molecule has 0 saturated heterocycles. The molecule has 2 aromatic carbocycles. The van der Waals surface area contributed by atoms with Gasteiger partial charge in [-0.3, -0.25) is 9.59 Å². The molecule has 2 unspecified atom stereocenters. The number of benzene rings is 2. The lowest BCUT2D eigenvalue weighted by atomic mass is 9.90. The van der Waals surface area contributed by atoms with Crippen LogP contribution in [0.5, 0.6) is 0 Å². The summed E-state index contributed by atoms with van der Waals surface area (Å²) in [6.45, 7) is 3.61. The summed E-state index contributed by atoms with van der Waals surface area (Å²) in [7, 11) is -0.303. The first-order valence-electron chi connectivity index (χ1n) is 8.28. The highest BCUT2D eigenvalue weighted by molar-refractivity contribution is 8.16. The van der Waals surface area contributed by atoms with E-state index in [2.05, 4.69) is 37.3 Å². The van der Waals surface area contributed by atoms with Crippen LogP contribution >= 0.6 is 10.5 Å². The zero-order chi connectivity index (χ0) is 17.6. The number of allylic oxidation sites excluding steroid dienone is 4. The molecule has 1 aliphatic heterocycles. The van der Waals surface area contributed by atoms with E-state index in [9.17, 15) is 9.59 Å². The Hall–Kier alpha value is -2.52. The highest BCUT2D eigenvalue weighted by Crippen LogP contribution is 2.46. The van der Waals surface area contributed by atoms with Crippen LogP contribution in [0.25, 0.3) is 0 Å². The fraction of sp³-hybridized carbons (Fsp3) is 0.136. The quantitative estimate of drug-likeness (QED) is 0.567. The average Bonchev–Trinajstić information content (AvgIpc) is 2.63. The van der Waals surface area contributed by atoms with Crippen molar-refractivity contribution < 1.29 is 9.59 Å². The van der Waals surface area contributed by atoms with Gasteiger partial charge in [0.15, 0.2) is 11.6 Å². The molecule has 3 heteroatoms. The Morgan fingerprint density at radius 2 is 1.80 bits per heavy atom. The summed E-state index contributed by atoms with van der Waals surface area (Å²) in [5, 5.41) is 0. The number of ketones is 2. The van der Waals surface area contributed by atoms with Gasteiger partial charge < -0.3 is 0 Å². The predicted octanol–water partition coefficient (Wildman–Crippen LogP) is 5.00. The zero-order valence-electron chi connectivity index (χ0n) is 14.2. The van der Waals surface area contributed by atoms with Crippen LogP contribution in [0.1, 0.15) is 33.2 Å². The second-order valence-electron chi connectivity index (χ2n) is 6.37. The van der Waals surface area contributed by atoms with Gasteiger partial charge in [-0.05, 0) is 43.0 Å². The van der Waals surface area contributed by atoms with Gasteiger partial charge >= 0.3 is 0 Å². The molecule has 0 spiro atoms. The molecule has 124 valence electrons. The van der Waals surface area contributed by atoms with Crippen molar-refractivity contribution in [1.82, 2.24) is 0 Å².